The van der Waals surface area contributed by atoms with Gasteiger partial charge in [0.1, 0.15) is 5.75 Å². The van der Waals surface area contributed by atoms with Crippen LogP contribution in [0.1, 0.15) is 10.9 Å². The molecule has 0 amide bonds. The Morgan fingerprint density at radius 1 is 1.10 bits per heavy atom. The molecule has 1 aromatic carbocycles. The van der Waals surface area contributed by atoms with E-state index >= 15 is 0 Å². The smallest absolute Gasteiger partial charge is 0.119 e. The molecule has 5 heteroatoms. The molecule has 0 aliphatic heterocycles. The molecule has 0 N–H and O–H groups in total. The van der Waals surface area contributed by atoms with E-state index < -0.39 is 0 Å². The predicted octanol–water partition coefficient (Wildman–Crippen LogP) is 2.57. The Balaban J connectivity index is 2.60. The van der Waals surface area contributed by atoms with Crippen molar-refractivity contribution in [1.82, 2.24) is 4.90 Å². The third kappa shape index (κ3) is 6.09. The van der Waals surface area contributed by atoms with Crippen LogP contribution >= 0.6 is 11.6 Å². The van der Waals surface area contributed by atoms with Crippen molar-refractivity contribution in [2.24, 2.45) is 0 Å². The van der Waals surface area contributed by atoms with Crippen molar-refractivity contribution in [3.8, 4) is 5.75 Å². The summed E-state index contributed by atoms with van der Waals surface area (Å²) in [4.78, 5) is 2.24. The Bertz CT molecular complexity index is 368. The van der Waals surface area contributed by atoms with Crippen molar-refractivity contribution < 1.29 is 14.2 Å². The monoisotopic (exact) mass is 301 g/mol. The first-order valence-electron chi connectivity index (χ1n) is 6.69. The summed E-state index contributed by atoms with van der Waals surface area (Å²) >= 11 is 6.51. The van der Waals surface area contributed by atoms with Crippen molar-refractivity contribution in [3.63, 3.8) is 0 Å². The molecular weight excluding hydrogens is 278 g/mol. The number of hydrogen-bond donors (Lipinski definition) is 0. The second-order valence-electron chi connectivity index (χ2n) is 4.53. The van der Waals surface area contributed by atoms with Crippen molar-refractivity contribution in [1.29, 1.82) is 0 Å². The van der Waals surface area contributed by atoms with Crippen LogP contribution in [-0.4, -0.2) is 59.1 Å². The van der Waals surface area contributed by atoms with Gasteiger partial charge in [-0.25, -0.2) is 0 Å². The maximum atomic E-state index is 6.51. The molecule has 1 unspecified atom stereocenters. The van der Waals surface area contributed by atoms with Crippen LogP contribution in [0.5, 0.6) is 5.75 Å². The first-order valence-corrected chi connectivity index (χ1v) is 7.13. The van der Waals surface area contributed by atoms with E-state index in [0.29, 0.717) is 13.2 Å². The molecule has 4 nitrogen and oxygen atoms in total. The maximum absolute atomic E-state index is 6.51. The molecule has 0 heterocycles. The molecule has 20 heavy (non-hydrogen) atoms. The van der Waals surface area contributed by atoms with Crippen LogP contribution in [0.3, 0.4) is 0 Å². The molecular formula is C15H24ClNO3. The number of hydrogen-bond acceptors (Lipinski definition) is 4. The van der Waals surface area contributed by atoms with Gasteiger partial charge < -0.3 is 14.2 Å². The van der Waals surface area contributed by atoms with E-state index in [-0.39, 0.29) is 5.38 Å². The zero-order valence-electron chi connectivity index (χ0n) is 12.5. The van der Waals surface area contributed by atoms with E-state index in [1.807, 2.05) is 24.3 Å². The summed E-state index contributed by atoms with van der Waals surface area (Å²) in [7, 11) is 5.06. The minimum Gasteiger partial charge on any atom is -0.497 e. The Morgan fingerprint density at radius 2 is 1.75 bits per heavy atom. The Hall–Kier alpha value is -0.810. The Labute approximate surface area is 126 Å². The molecule has 1 aromatic rings. The fraction of sp³-hybridized carbons (Fsp3) is 0.600. The van der Waals surface area contributed by atoms with E-state index in [2.05, 4.69) is 4.90 Å². The van der Waals surface area contributed by atoms with Gasteiger partial charge in [-0.05, 0) is 17.7 Å². The summed E-state index contributed by atoms with van der Waals surface area (Å²) in [6.07, 6.45) is 0. The Morgan fingerprint density at radius 3 is 2.30 bits per heavy atom. The van der Waals surface area contributed by atoms with Gasteiger partial charge in [-0.15, -0.1) is 11.6 Å². The summed E-state index contributed by atoms with van der Waals surface area (Å²) in [5, 5.41) is -0.0844. The molecule has 0 saturated carbocycles. The molecule has 0 aliphatic rings. The minimum atomic E-state index is -0.0844. The minimum absolute atomic E-state index is 0.0844. The highest BCUT2D eigenvalue weighted by molar-refractivity contribution is 6.21. The predicted molar refractivity (Wildman–Crippen MR) is 81.8 cm³/mol. The first-order chi connectivity index (χ1) is 9.71. The lowest BCUT2D eigenvalue weighted by molar-refractivity contribution is 0.114. The van der Waals surface area contributed by atoms with Crippen LogP contribution in [0.25, 0.3) is 0 Å². The number of alkyl halides is 1. The lowest BCUT2D eigenvalue weighted by atomic mass is 10.1. The fourth-order valence-corrected chi connectivity index (χ4v) is 2.23. The van der Waals surface area contributed by atoms with Gasteiger partial charge in [0.05, 0.1) is 25.7 Å². The van der Waals surface area contributed by atoms with Crippen molar-refractivity contribution >= 4 is 11.6 Å². The highest BCUT2D eigenvalue weighted by atomic mass is 35.5. The van der Waals surface area contributed by atoms with E-state index in [1.54, 1.807) is 21.3 Å². The van der Waals surface area contributed by atoms with Crippen LogP contribution in [-0.2, 0) is 9.47 Å². The van der Waals surface area contributed by atoms with E-state index in [1.165, 1.54) is 0 Å². The number of ether oxygens (including phenoxy) is 3. The molecule has 0 aliphatic carbocycles. The van der Waals surface area contributed by atoms with Crippen LogP contribution in [0.15, 0.2) is 24.3 Å². The van der Waals surface area contributed by atoms with E-state index in [9.17, 15) is 0 Å². The highest BCUT2D eigenvalue weighted by Gasteiger charge is 2.14. The number of halogens is 1. The number of methoxy groups -OCH3 is 3. The average Bonchev–Trinajstić information content (AvgIpc) is 2.49. The topological polar surface area (TPSA) is 30.9 Å². The molecule has 0 fully saturated rings. The molecule has 114 valence electrons. The summed E-state index contributed by atoms with van der Waals surface area (Å²) in [6.45, 7) is 3.80. The second-order valence-corrected chi connectivity index (χ2v) is 5.06. The van der Waals surface area contributed by atoms with Crippen LogP contribution in [0, 0.1) is 0 Å². The molecule has 0 radical (unpaired) electrons. The van der Waals surface area contributed by atoms with Gasteiger partial charge in [0.2, 0.25) is 0 Å². The van der Waals surface area contributed by atoms with Gasteiger partial charge in [0.15, 0.2) is 0 Å². The molecule has 0 spiro atoms. The van der Waals surface area contributed by atoms with Crippen molar-refractivity contribution in [3.05, 3.63) is 29.8 Å². The van der Waals surface area contributed by atoms with Crippen molar-refractivity contribution in [2.75, 3.05) is 54.2 Å². The first kappa shape index (κ1) is 17.2. The maximum Gasteiger partial charge on any atom is 0.119 e. The third-order valence-electron chi connectivity index (χ3n) is 3.10. The van der Waals surface area contributed by atoms with Gasteiger partial charge in [0, 0.05) is 33.9 Å². The normalized spacial score (nSPS) is 12.7. The van der Waals surface area contributed by atoms with Gasteiger partial charge in [0.25, 0.3) is 0 Å². The lowest BCUT2D eigenvalue weighted by Gasteiger charge is -2.24. The third-order valence-corrected chi connectivity index (χ3v) is 3.49. The number of nitrogens with zero attached hydrogens (tertiary/aromatic N) is 1. The zero-order valence-corrected chi connectivity index (χ0v) is 13.2. The number of rotatable bonds is 10. The Kier molecular flexibility index (Phi) is 8.62. The van der Waals surface area contributed by atoms with Crippen LogP contribution < -0.4 is 4.74 Å². The summed E-state index contributed by atoms with van der Waals surface area (Å²) in [5.74, 6) is 0.827. The molecule has 1 rings (SSSR count). The van der Waals surface area contributed by atoms with Crippen LogP contribution in [0.4, 0.5) is 0 Å². The van der Waals surface area contributed by atoms with Crippen molar-refractivity contribution in [2.45, 2.75) is 5.38 Å². The number of benzene rings is 1. The lowest BCUT2D eigenvalue weighted by Crippen LogP contribution is -2.33. The van der Waals surface area contributed by atoms with E-state index in [0.717, 1.165) is 30.9 Å². The van der Waals surface area contributed by atoms with Gasteiger partial charge in [-0.2, -0.15) is 0 Å². The summed E-state index contributed by atoms with van der Waals surface area (Å²) < 4.78 is 15.5. The zero-order chi connectivity index (χ0) is 14.8. The fourth-order valence-electron chi connectivity index (χ4n) is 1.90. The largest absolute Gasteiger partial charge is 0.497 e. The second kappa shape index (κ2) is 10.00. The van der Waals surface area contributed by atoms with Gasteiger partial charge in [-0.1, -0.05) is 12.1 Å². The van der Waals surface area contributed by atoms with Crippen LogP contribution in [0.2, 0.25) is 0 Å². The molecule has 0 aromatic heterocycles. The quantitative estimate of drug-likeness (QED) is 0.622. The molecule has 0 bridgehead atoms. The standard InChI is InChI=1S/C15H24ClNO3/c1-18-9-7-17(8-10-19-2)12-15(16)13-5-4-6-14(11-13)20-3/h4-6,11,15H,7-10,12H2,1-3H3. The summed E-state index contributed by atoms with van der Waals surface area (Å²) in [6, 6.07) is 7.87. The molecule has 1 atom stereocenters. The van der Waals surface area contributed by atoms with E-state index in [4.69, 9.17) is 25.8 Å². The SMILES string of the molecule is COCCN(CCOC)CC(Cl)c1cccc(OC)c1. The summed E-state index contributed by atoms with van der Waals surface area (Å²) in [5.41, 5.74) is 1.06. The van der Waals surface area contributed by atoms with Gasteiger partial charge in [-0.3, -0.25) is 4.90 Å². The van der Waals surface area contributed by atoms with Gasteiger partial charge >= 0.3 is 0 Å². The highest BCUT2D eigenvalue weighted by Crippen LogP contribution is 2.25. The molecule has 0 saturated heterocycles. The average molecular weight is 302 g/mol.